The second-order valence-electron chi connectivity index (χ2n) is 18.1. The van der Waals surface area contributed by atoms with Gasteiger partial charge >= 0.3 is 6.16 Å². The average molecular weight is 677 g/mol. The highest BCUT2D eigenvalue weighted by molar-refractivity contribution is 5.60. The van der Waals surface area contributed by atoms with Crippen LogP contribution in [-0.2, 0) is 18.9 Å². The lowest BCUT2D eigenvalue weighted by atomic mass is 9.32. The molecule has 0 spiro atoms. The zero-order valence-corrected chi connectivity index (χ0v) is 30.4. The summed E-state index contributed by atoms with van der Waals surface area (Å²) in [5.41, 5.74) is 0.493. The summed E-state index contributed by atoms with van der Waals surface area (Å²) in [4.78, 5) is 12.9. The van der Waals surface area contributed by atoms with Crippen LogP contribution < -0.4 is 0 Å². The van der Waals surface area contributed by atoms with Gasteiger partial charge in [-0.05, 0) is 121 Å². The van der Waals surface area contributed by atoms with Crippen molar-refractivity contribution >= 4 is 6.16 Å². The molecule has 14 atom stereocenters. The van der Waals surface area contributed by atoms with E-state index >= 15 is 0 Å². The lowest BCUT2D eigenvalue weighted by Crippen LogP contribution is -2.67. The monoisotopic (exact) mass is 676 g/mol. The van der Waals surface area contributed by atoms with Crippen molar-refractivity contribution in [2.24, 2.45) is 56.2 Å². The Bertz CT molecular complexity index is 1210. The van der Waals surface area contributed by atoms with E-state index in [1.54, 1.807) is 0 Å². The van der Waals surface area contributed by atoms with Gasteiger partial charge in [-0.2, -0.15) is 0 Å². The first-order valence-electron chi connectivity index (χ1n) is 18.9. The molecule has 0 radical (unpaired) electrons. The van der Waals surface area contributed by atoms with Crippen molar-refractivity contribution in [2.75, 3.05) is 26.4 Å². The molecule has 48 heavy (non-hydrogen) atoms. The first kappa shape index (κ1) is 36.6. The zero-order chi connectivity index (χ0) is 34.9. The minimum absolute atomic E-state index is 0.0355. The fourth-order valence-corrected chi connectivity index (χ4v) is 13.6. The first-order valence-corrected chi connectivity index (χ1v) is 18.9. The van der Waals surface area contributed by atoms with Gasteiger partial charge in [0.2, 0.25) is 0 Å². The Hall–Kier alpha value is -1.23. The number of allylic oxidation sites excluding steroid dienone is 1. The average Bonchev–Trinajstić information content (AvgIpc) is 3.40. The van der Waals surface area contributed by atoms with Crippen LogP contribution in [0.3, 0.4) is 0 Å². The third-order valence-electron chi connectivity index (χ3n) is 16.4. The number of carbonyl (C=O) groups is 1. The van der Waals surface area contributed by atoms with Gasteiger partial charge in [-0.1, -0.05) is 47.6 Å². The molecular formula is C39H64O9. The van der Waals surface area contributed by atoms with E-state index in [-0.39, 0.29) is 58.4 Å². The molecule has 274 valence electrons. The molecule has 6 aliphatic rings. The van der Waals surface area contributed by atoms with Gasteiger partial charge < -0.3 is 39.4 Å². The summed E-state index contributed by atoms with van der Waals surface area (Å²) in [6.45, 7) is 19.1. The predicted octanol–water partition coefficient (Wildman–Crippen LogP) is 6.00. The van der Waals surface area contributed by atoms with E-state index in [1.165, 1.54) is 25.7 Å². The topological polar surface area (TPSA) is 135 Å². The number of ether oxygens (including phenoxy) is 4. The highest BCUT2D eigenvalue weighted by Gasteiger charge is 2.72. The molecule has 1 aliphatic heterocycles. The van der Waals surface area contributed by atoms with Crippen molar-refractivity contribution in [1.82, 2.24) is 0 Å². The number of carbonyl (C=O) groups excluding carboxylic acids is 1. The maximum atomic E-state index is 12.9. The van der Waals surface area contributed by atoms with Crippen LogP contribution in [0, 0.1) is 56.2 Å². The smallest absolute Gasteiger partial charge is 0.432 e. The SMILES string of the molecule is C=CC1(CC)CCC2(CO)CCC3(C)C(CCC4C5(C)CCC(OC(=O)OCCOC6OCC(O)C(O)C6O)C(C)(C)C5CCC43C)C12. The quantitative estimate of drug-likeness (QED) is 0.139. The molecule has 0 amide bonds. The third-order valence-corrected chi connectivity index (χ3v) is 16.4. The van der Waals surface area contributed by atoms with Crippen LogP contribution >= 0.6 is 0 Å². The lowest BCUT2D eigenvalue weighted by molar-refractivity contribution is -0.271. The third kappa shape index (κ3) is 5.25. The fourth-order valence-electron chi connectivity index (χ4n) is 13.6. The van der Waals surface area contributed by atoms with E-state index in [0.29, 0.717) is 30.3 Å². The summed E-state index contributed by atoms with van der Waals surface area (Å²) in [6.07, 6.45) is 8.52. The van der Waals surface area contributed by atoms with Crippen LogP contribution in [0.15, 0.2) is 12.7 Å². The van der Waals surface area contributed by atoms with Gasteiger partial charge in [0.25, 0.3) is 0 Å². The number of hydrogen-bond donors (Lipinski definition) is 4. The van der Waals surface area contributed by atoms with Gasteiger partial charge in [-0.3, -0.25) is 0 Å². The van der Waals surface area contributed by atoms with Crippen LogP contribution in [0.5, 0.6) is 0 Å². The van der Waals surface area contributed by atoms with Gasteiger partial charge in [0.1, 0.15) is 31.0 Å². The van der Waals surface area contributed by atoms with Crippen LogP contribution in [0.4, 0.5) is 4.79 Å². The number of fused-ring (bicyclic) bond motifs is 7. The normalized spacial score (nSPS) is 51.1. The first-order chi connectivity index (χ1) is 22.6. The molecule has 6 fully saturated rings. The largest absolute Gasteiger partial charge is 0.508 e. The highest BCUT2D eigenvalue weighted by Crippen LogP contribution is 2.78. The predicted molar refractivity (Wildman–Crippen MR) is 181 cm³/mol. The van der Waals surface area contributed by atoms with Crippen molar-refractivity contribution < 1.29 is 44.2 Å². The summed E-state index contributed by atoms with van der Waals surface area (Å²) in [7, 11) is 0. The standard InChI is InChI=1S/C39H64O9/c1-8-38(9-2)18-19-39(23-40)17-16-36(6)24(31(38)39)10-11-27-35(5)14-13-28(34(3,4)26(35)12-15-37(27,36)7)48-33(44)46-21-20-45-32-30(43)29(42)25(41)22-47-32/h8,24-32,40-43H,1,9-23H2,2-7H3. The van der Waals surface area contributed by atoms with E-state index in [4.69, 9.17) is 18.9 Å². The zero-order valence-electron chi connectivity index (χ0n) is 30.4. The van der Waals surface area contributed by atoms with Crippen molar-refractivity contribution in [1.29, 1.82) is 0 Å². The van der Waals surface area contributed by atoms with Gasteiger partial charge in [0.05, 0.1) is 13.2 Å². The number of aliphatic hydroxyl groups is 4. The van der Waals surface area contributed by atoms with Gasteiger partial charge in [-0.15, -0.1) is 6.58 Å². The molecule has 0 aromatic carbocycles. The van der Waals surface area contributed by atoms with Crippen LogP contribution in [0.25, 0.3) is 0 Å². The van der Waals surface area contributed by atoms with Gasteiger partial charge in [-0.25, -0.2) is 4.79 Å². The van der Waals surface area contributed by atoms with E-state index in [2.05, 4.69) is 54.2 Å². The molecule has 5 saturated carbocycles. The summed E-state index contributed by atoms with van der Waals surface area (Å²) >= 11 is 0. The molecule has 5 aliphatic carbocycles. The van der Waals surface area contributed by atoms with Crippen LogP contribution in [0.1, 0.15) is 112 Å². The van der Waals surface area contributed by atoms with E-state index in [0.717, 1.165) is 44.9 Å². The molecule has 4 N–H and O–H groups in total. The van der Waals surface area contributed by atoms with Gasteiger partial charge in [0, 0.05) is 12.0 Å². The van der Waals surface area contributed by atoms with Crippen LogP contribution in [-0.4, -0.2) is 83.7 Å². The van der Waals surface area contributed by atoms with E-state index in [1.807, 2.05) is 0 Å². The van der Waals surface area contributed by atoms with Crippen LogP contribution in [0.2, 0.25) is 0 Å². The summed E-state index contributed by atoms with van der Waals surface area (Å²) in [5, 5.41) is 40.4. The van der Waals surface area contributed by atoms with Crippen molar-refractivity contribution in [3.05, 3.63) is 12.7 Å². The van der Waals surface area contributed by atoms with Crippen molar-refractivity contribution in [3.63, 3.8) is 0 Å². The lowest BCUT2D eigenvalue weighted by Gasteiger charge is -2.73. The molecular weight excluding hydrogens is 612 g/mol. The molecule has 6 rings (SSSR count). The molecule has 14 unspecified atom stereocenters. The minimum atomic E-state index is -1.39. The molecule has 9 nitrogen and oxygen atoms in total. The van der Waals surface area contributed by atoms with Gasteiger partial charge in [0.15, 0.2) is 6.29 Å². The maximum Gasteiger partial charge on any atom is 0.508 e. The van der Waals surface area contributed by atoms with E-state index in [9.17, 15) is 25.2 Å². The summed E-state index contributed by atoms with van der Waals surface area (Å²) in [5.74, 6) is 2.10. The Labute approximate surface area is 288 Å². The minimum Gasteiger partial charge on any atom is -0.432 e. The summed E-state index contributed by atoms with van der Waals surface area (Å²) in [6, 6.07) is 0. The number of hydrogen-bond acceptors (Lipinski definition) is 9. The molecule has 0 aromatic heterocycles. The molecule has 1 heterocycles. The second kappa shape index (κ2) is 12.8. The maximum absolute atomic E-state index is 12.9. The molecule has 0 bridgehead atoms. The van der Waals surface area contributed by atoms with Crippen molar-refractivity contribution in [2.45, 2.75) is 143 Å². The fraction of sp³-hybridized carbons (Fsp3) is 0.923. The Morgan fingerprint density at radius 2 is 1.60 bits per heavy atom. The number of aliphatic hydroxyl groups excluding tert-OH is 4. The summed E-state index contributed by atoms with van der Waals surface area (Å²) < 4.78 is 22.1. The molecule has 0 aromatic rings. The Morgan fingerprint density at radius 3 is 2.29 bits per heavy atom. The number of rotatable bonds is 8. The second-order valence-corrected chi connectivity index (χ2v) is 18.1. The Morgan fingerprint density at radius 1 is 0.875 bits per heavy atom. The highest BCUT2D eigenvalue weighted by atomic mass is 16.7. The Balaban J connectivity index is 1.12. The van der Waals surface area contributed by atoms with Crippen molar-refractivity contribution in [3.8, 4) is 0 Å². The van der Waals surface area contributed by atoms with E-state index < -0.39 is 30.8 Å². The Kier molecular flexibility index (Phi) is 9.72. The molecule has 9 heteroatoms. The molecule has 1 saturated heterocycles.